The zero-order valence-electron chi connectivity index (χ0n) is 13.2. The van der Waals surface area contributed by atoms with Crippen LogP contribution in [0.25, 0.3) is 0 Å². The SMILES string of the molecule is CC1(C)OC(=NC23CC4CC(CC(C4)C2)C3)OC1(C)C. The second kappa shape index (κ2) is 3.72. The smallest absolute Gasteiger partial charge is 0.385 e. The molecule has 4 saturated carbocycles. The fourth-order valence-corrected chi connectivity index (χ4v) is 5.14. The van der Waals surface area contributed by atoms with Gasteiger partial charge in [0.05, 0.1) is 5.54 Å². The van der Waals surface area contributed by atoms with Gasteiger partial charge in [-0.1, -0.05) is 0 Å². The molecular formula is C17H27NO2. The summed E-state index contributed by atoms with van der Waals surface area (Å²) in [6.45, 7) is 8.37. The van der Waals surface area contributed by atoms with Crippen LogP contribution >= 0.6 is 0 Å². The van der Waals surface area contributed by atoms with Crippen LogP contribution in [0.2, 0.25) is 0 Å². The molecule has 5 fully saturated rings. The van der Waals surface area contributed by atoms with Crippen molar-refractivity contribution in [2.45, 2.75) is 83.0 Å². The second-order valence-corrected chi connectivity index (χ2v) is 8.74. The quantitative estimate of drug-likeness (QED) is 0.727. The van der Waals surface area contributed by atoms with E-state index in [1.54, 1.807) is 0 Å². The van der Waals surface area contributed by atoms with Crippen molar-refractivity contribution in [2.75, 3.05) is 0 Å². The van der Waals surface area contributed by atoms with Gasteiger partial charge in [-0.15, -0.1) is 0 Å². The molecule has 5 rings (SSSR count). The van der Waals surface area contributed by atoms with Crippen LogP contribution < -0.4 is 0 Å². The summed E-state index contributed by atoms with van der Waals surface area (Å²) >= 11 is 0. The first-order chi connectivity index (χ1) is 9.27. The third-order valence-corrected chi connectivity index (χ3v) is 6.47. The Morgan fingerprint density at radius 1 is 0.800 bits per heavy atom. The van der Waals surface area contributed by atoms with Crippen molar-refractivity contribution in [1.29, 1.82) is 0 Å². The van der Waals surface area contributed by atoms with E-state index in [1.165, 1.54) is 38.5 Å². The second-order valence-electron chi connectivity index (χ2n) is 8.74. The minimum atomic E-state index is -0.297. The highest BCUT2D eigenvalue weighted by Crippen LogP contribution is 2.57. The molecule has 5 aliphatic rings. The van der Waals surface area contributed by atoms with Gasteiger partial charge in [0.15, 0.2) is 0 Å². The first-order valence-corrected chi connectivity index (χ1v) is 8.25. The molecule has 3 nitrogen and oxygen atoms in total. The summed E-state index contributed by atoms with van der Waals surface area (Å²) in [4.78, 5) is 5.03. The Morgan fingerprint density at radius 2 is 1.20 bits per heavy atom. The van der Waals surface area contributed by atoms with Crippen LogP contribution in [0.1, 0.15) is 66.2 Å². The molecule has 0 atom stereocenters. The van der Waals surface area contributed by atoms with Gasteiger partial charge in [0, 0.05) is 0 Å². The maximum absolute atomic E-state index is 6.03. The molecule has 112 valence electrons. The molecule has 0 aromatic rings. The van der Waals surface area contributed by atoms with Crippen molar-refractivity contribution in [2.24, 2.45) is 22.7 Å². The average Bonchev–Trinajstić information content (AvgIpc) is 2.42. The Balaban J connectivity index is 1.62. The summed E-state index contributed by atoms with van der Waals surface area (Å²) < 4.78 is 12.1. The highest BCUT2D eigenvalue weighted by molar-refractivity contribution is 5.71. The highest BCUT2D eigenvalue weighted by atomic mass is 16.7. The van der Waals surface area contributed by atoms with E-state index in [2.05, 4.69) is 27.7 Å². The monoisotopic (exact) mass is 277 g/mol. The van der Waals surface area contributed by atoms with E-state index in [0.29, 0.717) is 6.08 Å². The van der Waals surface area contributed by atoms with Crippen LogP contribution in [-0.4, -0.2) is 22.8 Å². The summed E-state index contributed by atoms with van der Waals surface area (Å²) in [6.07, 6.45) is 8.68. The Hall–Kier alpha value is -0.730. The van der Waals surface area contributed by atoms with E-state index in [-0.39, 0.29) is 16.7 Å². The van der Waals surface area contributed by atoms with Crippen LogP contribution in [0.15, 0.2) is 4.99 Å². The van der Waals surface area contributed by atoms with Gasteiger partial charge >= 0.3 is 6.08 Å². The van der Waals surface area contributed by atoms with Gasteiger partial charge in [-0.3, -0.25) is 0 Å². The minimum absolute atomic E-state index is 0.139. The molecule has 1 aliphatic heterocycles. The molecule has 20 heavy (non-hydrogen) atoms. The molecule has 4 aliphatic carbocycles. The number of rotatable bonds is 1. The number of ether oxygens (including phenoxy) is 2. The van der Waals surface area contributed by atoms with Crippen molar-refractivity contribution >= 4 is 6.08 Å². The lowest BCUT2D eigenvalue weighted by molar-refractivity contribution is -0.000933. The topological polar surface area (TPSA) is 30.8 Å². The molecule has 4 bridgehead atoms. The molecule has 0 radical (unpaired) electrons. The normalized spacial score (nSPS) is 47.0. The van der Waals surface area contributed by atoms with Crippen LogP contribution in [0.4, 0.5) is 0 Å². The van der Waals surface area contributed by atoms with E-state index in [4.69, 9.17) is 14.5 Å². The molecule has 1 heterocycles. The lowest BCUT2D eigenvalue weighted by Gasteiger charge is -2.54. The van der Waals surface area contributed by atoms with Gasteiger partial charge in [-0.25, -0.2) is 4.99 Å². The van der Waals surface area contributed by atoms with Crippen molar-refractivity contribution < 1.29 is 9.47 Å². The molecular weight excluding hydrogens is 250 g/mol. The van der Waals surface area contributed by atoms with Crippen LogP contribution in [0.3, 0.4) is 0 Å². The maximum Gasteiger partial charge on any atom is 0.385 e. The maximum atomic E-state index is 6.03. The molecule has 0 unspecified atom stereocenters. The van der Waals surface area contributed by atoms with Crippen LogP contribution in [-0.2, 0) is 9.47 Å². The third kappa shape index (κ3) is 1.81. The molecule has 3 heteroatoms. The Morgan fingerprint density at radius 3 is 1.60 bits per heavy atom. The fourth-order valence-electron chi connectivity index (χ4n) is 5.14. The predicted octanol–water partition coefficient (Wildman–Crippen LogP) is 3.92. The zero-order chi connectivity index (χ0) is 14.2. The van der Waals surface area contributed by atoms with Gasteiger partial charge in [0.25, 0.3) is 0 Å². The van der Waals surface area contributed by atoms with E-state index in [1.807, 2.05) is 0 Å². The average molecular weight is 277 g/mol. The highest BCUT2D eigenvalue weighted by Gasteiger charge is 2.54. The summed E-state index contributed by atoms with van der Waals surface area (Å²) in [5.74, 6) is 2.73. The van der Waals surface area contributed by atoms with Gasteiger partial charge in [-0.2, -0.15) is 0 Å². The molecule has 0 aromatic heterocycles. The van der Waals surface area contributed by atoms with Gasteiger partial charge in [-0.05, 0) is 84.0 Å². The minimum Gasteiger partial charge on any atom is -0.440 e. The predicted molar refractivity (Wildman–Crippen MR) is 78.7 cm³/mol. The summed E-state index contributed by atoms with van der Waals surface area (Å²) in [5.41, 5.74) is -0.456. The molecule has 0 amide bonds. The first kappa shape index (κ1) is 13.0. The van der Waals surface area contributed by atoms with E-state index < -0.39 is 0 Å². The van der Waals surface area contributed by atoms with Crippen molar-refractivity contribution in [1.82, 2.24) is 0 Å². The third-order valence-electron chi connectivity index (χ3n) is 6.47. The molecule has 0 spiro atoms. The number of hydrogen-bond acceptors (Lipinski definition) is 3. The van der Waals surface area contributed by atoms with Crippen LogP contribution in [0.5, 0.6) is 0 Å². The Kier molecular flexibility index (Phi) is 2.41. The first-order valence-electron chi connectivity index (χ1n) is 8.25. The molecule has 1 saturated heterocycles. The summed E-state index contributed by atoms with van der Waals surface area (Å²) in [5, 5.41) is 0. The zero-order valence-corrected chi connectivity index (χ0v) is 13.2. The lowest BCUT2D eigenvalue weighted by Crippen LogP contribution is -2.49. The summed E-state index contributed by atoms with van der Waals surface area (Å²) in [6, 6.07) is 0. The van der Waals surface area contributed by atoms with Crippen molar-refractivity contribution in [3.8, 4) is 0 Å². The number of aliphatic imine (C=N–C) groups is 1. The molecule has 0 N–H and O–H groups in total. The fraction of sp³-hybridized carbons (Fsp3) is 0.941. The lowest BCUT2D eigenvalue weighted by atomic mass is 9.53. The van der Waals surface area contributed by atoms with E-state index in [0.717, 1.165) is 17.8 Å². The van der Waals surface area contributed by atoms with Gasteiger partial charge < -0.3 is 9.47 Å². The van der Waals surface area contributed by atoms with E-state index >= 15 is 0 Å². The standard InChI is InChI=1S/C17H27NO2/c1-15(2)16(3,4)20-14(19-15)18-17-8-11-5-12(9-17)7-13(6-11)10-17/h11-13H,5-10H2,1-4H3. The van der Waals surface area contributed by atoms with Crippen molar-refractivity contribution in [3.05, 3.63) is 0 Å². The Labute approximate surface area is 122 Å². The molecule has 0 aromatic carbocycles. The number of nitrogens with zero attached hydrogens (tertiary/aromatic N) is 1. The van der Waals surface area contributed by atoms with Gasteiger partial charge in [0.2, 0.25) is 0 Å². The summed E-state index contributed by atoms with van der Waals surface area (Å²) in [7, 11) is 0. The number of hydrogen-bond donors (Lipinski definition) is 0. The van der Waals surface area contributed by atoms with Crippen molar-refractivity contribution in [3.63, 3.8) is 0 Å². The Bertz CT molecular complexity index is 410. The van der Waals surface area contributed by atoms with E-state index in [9.17, 15) is 0 Å². The van der Waals surface area contributed by atoms with Crippen LogP contribution in [0, 0.1) is 17.8 Å². The van der Waals surface area contributed by atoms with Gasteiger partial charge in [0.1, 0.15) is 11.2 Å². The largest absolute Gasteiger partial charge is 0.440 e.